The van der Waals surface area contributed by atoms with E-state index in [1.165, 1.54) is 19.3 Å². The minimum absolute atomic E-state index is 0.00910. The number of rotatable bonds is 10. The predicted octanol–water partition coefficient (Wildman–Crippen LogP) is 5.15. The third-order valence-corrected chi connectivity index (χ3v) is 7.24. The molecule has 0 spiro atoms. The molecule has 194 valence electrons. The smallest absolute Gasteiger partial charge is 0.407 e. The predicted molar refractivity (Wildman–Crippen MR) is 139 cm³/mol. The maximum absolute atomic E-state index is 13.4. The van der Waals surface area contributed by atoms with Crippen molar-refractivity contribution in [3.63, 3.8) is 0 Å². The summed E-state index contributed by atoms with van der Waals surface area (Å²) in [6.45, 7) is 9.47. The Morgan fingerprint density at radius 2 is 1.86 bits per heavy atom. The second-order valence-corrected chi connectivity index (χ2v) is 11.7. The van der Waals surface area contributed by atoms with Crippen LogP contribution in [0.2, 0.25) is 0 Å². The van der Waals surface area contributed by atoms with Crippen LogP contribution in [0.25, 0.3) is 0 Å². The van der Waals surface area contributed by atoms with Gasteiger partial charge >= 0.3 is 6.09 Å². The van der Waals surface area contributed by atoms with Gasteiger partial charge < -0.3 is 20.5 Å². The number of hydrogen-bond donors (Lipinski definition) is 3. The largest absolute Gasteiger partial charge is 0.444 e. The Morgan fingerprint density at radius 1 is 1.14 bits per heavy atom. The Labute approximate surface area is 210 Å². The van der Waals surface area contributed by atoms with Crippen LogP contribution in [0.5, 0.6) is 0 Å². The third-order valence-electron chi connectivity index (χ3n) is 7.24. The molecule has 3 unspecified atom stereocenters. The average molecular weight is 485 g/mol. The first-order valence-corrected chi connectivity index (χ1v) is 13.2. The van der Waals surface area contributed by atoms with Gasteiger partial charge in [0, 0.05) is 12.0 Å². The van der Waals surface area contributed by atoms with Crippen molar-refractivity contribution in [1.82, 2.24) is 10.6 Å². The van der Waals surface area contributed by atoms with E-state index >= 15 is 0 Å². The van der Waals surface area contributed by atoms with Crippen LogP contribution in [0.1, 0.15) is 78.7 Å². The molecule has 2 aliphatic carbocycles. The number of aliphatic hydroxyl groups excluding tert-OH is 1. The molecule has 0 radical (unpaired) electrons. The third kappa shape index (κ3) is 8.68. The van der Waals surface area contributed by atoms with Gasteiger partial charge in [-0.25, -0.2) is 4.79 Å². The van der Waals surface area contributed by atoms with Gasteiger partial charge in [0.15, 0.2) is 0 Å². The zero-order valence-electron chi connectivity index (χ0n) is 22.0. The lowest BCUT2D eigenvalue weighted by Gasteiger charge is -2.30. The molecule has 35 heavy (non-hydrogen) atoms. The van der Waals surface area contributed by atoms with Crippen molar-refractivity contribution < 1.29 is 19.4 Å². The van der Waals surface area contributed by atoms with Crippen molar-refractivity contribution in [2.75, 3.05) is 0 Å². The van der Waals surface area contributed by atoms with Crippen molar-refractivity contribution in [2.24, 2.45) is 17.8 Å². The van der Waals surface area contributed by atoms with Crippen LogP contribution >= 0.6 is 0 Å². The van der Waals surface area contributed by atoms with Gasteiger partial charge in [-0.3, -0.25) is 4.79 Å². The highest BCUT2D eigenvalue weighted by Crippen LogP contribution is 2.44. The topological polar surface area (TPSA) is 87.7 Å². The maximum atomic E-state index is 13.4. The van der Waals surface area contributed by atoms with Crippen molar-refractivity contribution in [3.05, 3.63) is 47.5 Å². The lowest BCUT2D eigenvalue weighted by atomic mass is 9.89. The van der Waals surface area contributed by atoms with Crippen LogP contribution in [-0.2, 0) is 16.0 Å². The number of aliphatic hydroxyl groups is 1. The lowest BCUT2D eigenvalue weighted by molar-refractivity contribution is -0.127. The van der Waals surface area contributed by atoms with Gasteiger partial charge in [-0.05, 0) is 90.5 Å². The number of amides is 2. The molecule has 2 bridgehead atoms. The molecule has 2 saturated carbocycles. The fourth-order valence-electron chi connectivity index (χ4n) is 5.48. The molecule has 3 rings (SSSR count). The second-order valence-electron chi connectivity index (χ2n) is 11.7. The highest BCUT2D eigenvalue weighted by atomic mass is 16.6. The average Bonchev–Trinajstić information content (AvgIpc) is 3.38. The van der Waals surface area contributed by atoms with Gasteiger partial charge in [-0.2, -0.15) is 0 Å². The normalized spacial score (nSPS) is 23.8. The summed E-state index contributed by atoms with van der Waals surface area (Å²) < 4.78 is 5.45. The molecule has 6 atom stereocenters. The molecule has 0 aromatic heterocycles. The van der Waals surface area contributed by atoms with E-state index in [0.717, 1.165) is 23.5 Å². The number of alkyl carbamates (subject to hydrolysis) is 1. The number of carbonyl (C=O) groups excluding carboxylic acids is 2. The van der Waals surface area contributed by atoms with Crippen molar-refractivity contribution in [3.8, 4) is 0 Å². The zero-order chi connectivity index (χ0) is 25.6. The van der Waals surface area contributed by atoms with Crippen LogP contribution < -0.4 is 10.6 Å². The van der Waals surface area contributed by atoms with Crippen molar-refractivity contribution in [1.29, 1.82) is 0 Å². The molecule has 2 aliphatic rings. The first kappa shape index (κ1) is 27.3. The standard InChI is InChI=1S/C29H44N2O4/c1-19(2)11-13-23(27(33)30-24-17-21-12-14-22(24)15-21)18-26(32)25(16-20-9-7-6-8-10-20)31-28(34)35-29(3,4)5/h6-11,21-26,32H,12-18H2,1-5H3,(H,30,33)(H,31,34)/t21?,22?,23-,24?,25+,26-/m1/s1. The number of nitrogens with one attached hydrogen (secondary N) is 2. The van der Waals surface area contributed by atoms with Gasteiger partial charge in [0.1, 0.15) is 5.60 Å². The van der Waals surface area contributed by atoms with Crippen molar-refractivity contribution >= 4 is 12.0 Å². The van der Waals surface area contributed by atoms with E-state index in [0.29, 0.717) is 18.8 Å². The number of carbonyl (C=O) groups is 2. The number of fused-ring (bicyclic) bond motifs is 2. The second kappa shape index (κ2) is 12.1. The lowest BCUT2D eigenvalue weighted by Crippen LogP contribution is -2.49. The Balaban J connectivity index is 1.71. The fraction of sp³-hybridized carbons (Fsp3) is 0.655. The molecule has 2 amide bonds. The molecule has 2 fully saturated rings. The number of ether oxygens (including phenoxy) is 1. The summed E-state index contributed by atoms with van der Waals surface area (Å²) >= 11 is 0. The summed E-state index contributed by atoms with van der Waals surface area (Å²) in [5.41, 5.74) is 1.50. The summed E-state index contributed by atoms with van der Waals surface area (Å²) in [6, 6.07) is 9.44. The SMILES string of the molecule is CC(C)=CC[C@H](C[C@@H](O)[C@H](Cc1ccccc1)NC(=O)OC(C)(C)C)C(=O)NC1CC2CCC1C2. The minimum atomic E-state index is -0.899. The molecule has 0 aliphatic heterocycles. The Hall–Kier alpha value is -2.34. The first-order chi connectivity index (χ1) is 16.5. The molecule has 1 aromatic carbocycles. The Kier molecular flexibility index (Phi) is 9.40. The first-order valence-electron chi connectivity index (χ1n) is 13.2. The highest BCUT2D eigenvalue weighted by Gasteiger charge is 2.41. The molecule has 0 saturated heterocycles. The number of allylic oxidation sites excluding steroid dienone is 2. The molecule has 6 nitrogen and oxygen atoms in total. The minimum Gasteiger partial charge on any atom is -0.444 e. The van der Waals surface area contributed by atoms with Crippen LogP contribution in [0, 0.1) is 17.8 Å². The molecular formula is C29H44N2O4. The Bertz CT molecular complexity index is 872. The summed E-state index contributed by atoms with van der Waals surface area (Å²) in [6.07, 6.45) is 6.67. The van der Waals surface area contributed by atoms with E-state index in [4.69, 9.17) is 4.74 Å². The van der Waals surface area contributed by atoms with Gasteiger partial charge in [0.05, 0.1) is 12.1 Å². The molecule has 0 heterocycles. The quantitative estimate of drug-likeness (QED) is 0.401. The van der Waals surface area contributed by atoms with Gasteiger partial charge in [-0.15, -0.1) is 0 Å². The zero-order valence-corrected chi connectivity index (χ0v) is 22.0. The molecule has 3 N–H and O–H groups in total. The summed E-state index contributed by atoms with van der Waals surface area (Å²) in [4.78, 5) is 25.9. The van der Waals surface area contributed by atoms with Crippen molar-refractivity contribution in [2.45, 2.75) is 103 Å². The highest BCUT2D eigenvalue weighted by molar-refractivity contribution is 5.79. The van der Waals surface area contributed by atoms with Crippen LogP contribution in [-0.4, -0.2) is 40.9 Å². The molecular weight excluding hydrogens is 440 g/mol. The summed E-state index contributed by atoms with van der Waals surface area (Å²) in [5, 5.41) is 17.5. The van der Waals surface area contributed by atoms with Gasteiger partial charge in [-0.1, -0.05) is 48.4 Å². The summed E-state index contributed by atoms with van der Waals surface area (Å²) in [5.74, 6) is 0.991. The van der Waals surface area contributed by atoms with E-state index in [1.54, 1.807) is 0 Å². The van der Waals surface area contributed by atoms with Gasteiger partial charge in [0.25, 0.3) is 0 Å². The Morgan fingerprint density at radius 3 is 2.43 bits per heavy atom. The van der Waals surface area contributed by atoms with E-state index in [1.807, 2.05) is 65.0 Å². The maximum Gasteiger partial charge on any atom is 0.407 e. The molecule has 1 aromatic rings. The number of benzene rings is 1. The van der Waals surface area contributed by atoms with Crippen LogP contribution in [0.15, 0.2) is 42.0 Å². The van der Waals surface area contributed by atoms with E-state index in [9.17, 15) is 14.7 Å². The summed E-state index contributed by atoms with van der Waals surface area (Å²) in [7, 11) is 0. The van der Waals surface area contributed by atoms with E-state index < -0.39 is 23.8 Å². The fourth-order valence-corrected chi connectivity index (χ4v) is 5.48. The number of hydrogen-bond acceptors (Lipinski definition) is 4. The molecule has 6 heteroatoms. The van der Waals surface area contributed by atoms with E-state index in [-0.39, 0.29) is 24.3 Å². The van der Waals surface area contributed by atoms with E-state index in [2.05, 4.69) is 16.7 Å². The monoisotopic (exact) mass is 484 g/mol. The van der Waals surface area contributed by atoms with Crippen LogP contribution in [0.3, 0.4) is 0 Å². The van der Waals surface area contributed by atoms with Gasteiger partial charge in [0.2, 0.25) is 5.91 Å². The van der Waals surface area contributed by atoms with Crippen LogP contribution in [0.4, 0.5) is 4.79 Å².